The van der Waals surface area contributed by atoms with Crippen LogP contribution in [0.1, 0.15) is 32.6 Å². The average Bonchev–Trinajstić information content (AvgIpc) is 2.35. The van der Waals surface area contributed by atoms with Gasteiger partial charge in [-0.25, -0.2) is 0 Å². The summed E-state index contributed by atoms with van der Waals surface area (Å²) in [6, 6.07) is 0. The monoisotopic (exact) mass is 228 g/mol. The van der Waals surface area contributed by atoms with Gasteiger partial charge in [-0.05, 0) is 50.2 Å². The molecule has 0 radical (unpaired) electrons. The standard InChI is InChI=1S/C16H20O/c1-2-3-4-5-6-7-8-9-10-11-12-13-14-15-16-17/h2-3,8-11,17H,12-16H2,1H3/b3-2+,9-8+,11-10+. The first-order chi connectivity index (χ1) is 8.41. The Morgan fingerprint density at radius 1 is 0.941 bits per heavy atom. The average molecular weight is 228 g/mol. The molecule has 0 aliphatic rings. The largest absolute Gasteiger partial charge is 0.396 e. The second kappa shape index (κ2) is 14.3. The van der Waals surface area contributed by atoms with E-state index in [2.05, 4.69) is 29.8 Å². The van der Waals surface area contributed by atoms with Crippen molar-refractivity contribution in [2.75, 3.05) is 6.61 Å². The van der Waals surface area contributed by atoms with Crippen molar-refractivity contribution in [3.8, 4) is 23.7 Å². The summed E-state index contributed by atoms with van der Waals surface area (Å²) in [5.74, 6) is 11.1. The van der Waals surface area contributed by atoms with Gasteiger partial charge in [-0.15, -0.1) is 0 Å². The summed E-state index contributed by atoms with van der Waals surface area (Å²) >= 11 is 0. The molecular weight excluding hydrogens is 208 g/mol. The molecule has 0 bridgehead atoms. The van der Waals surface area contributed by atoms with Gasteiger partial charge < -0.3 is 5.11 Å². The molecule has 0 aromatic carbocycles. The molecule has 0 saturated carbocycles. The van der Waals surface area contributed by atoms with Crippen molar-refractivity contribution >= 4 is 0 Å². The van der Waals surface area contributed by atoms with Crippen LogP contribution >= 0.6 is 0 Å². The first-order valence-electron chi connectivity index (χ1n) is 5.96. The molecule has 0 saturated heterocycles. The maximum Gasteiger partial charge on any atom is 0.0431 e. The van der Waals surface area contributed by atoms with Crippen LogP contribution < -0.4 is 0 Å². The van der Waals surface area contributed by atoms with Crippen LogP contribution in [0.15, 0.2) is 36.5 Å². The normalized spacial score (nSPS) is 10.5. The molecule has 0 aromatic rings. The molecule has 0 spiro atoms. The van der Waals surface area contributed by atoms with Gasteiger partial charge in [0.1, 0.15) is 0 Å². The van der Waals surface area contributed by atoms with Gasteiger partial charge in [0, 0.05) is 6.61 Å². The van der Waals surface area contributed by atoms with E-state index in [-0.39, 0.29) is 0 Å². The second-order valence-corrected chi connectivity index (χ2v) is 3.40. The molecule has 0 atom stereocenters. The molecule has 17 heavy (non-hydrogen) atoms. The molecule has 1 N–H and O–H groups in total. The molecule has 1 heteroatoms. The minimum absolute atomic E-state index is 0.299. The van der Waals surface area contributed by atoms with E-state index in [4.69, 9.17) is 5.11 Å². The highest BCUT2D eigenvalue weighted by atomic mass is 16.2. The summed E-state index contributed by atoms with van der Waals surface area (Å²) < 4.78 is 0. The van der Waals surface area contributed by atoms with Crippen LogP contribution in [-0.2, 0) is 0 Å². The topological polar surface area (TPSA) is 20.2 Å². The van der Waals surface area contributed by atoms with Gasteiger partial charge in [-0.1, -0.05) is 42.6 Å². The predicted octanol–water partition coefficient (Wildman–Crippen LogP) is 3.23. The number of hydrogen-bond donors (Lipinski definition) is 1. The molecule has 1 nitrogen and oxygen atoms in total. The number of allylic oxidation sites excluding steroid dienone is 6. The van der Waals surface area contributed by atoms with Crippen molar-refractivity contribution < 1.29 is 5.11 Å². The Balaban J connectivity index is 3.60. The fourth-order valence-corrected chi connectivity index (χ4v) is 1.07. The zero-order valence-corrected chi connectivity index (χ0v) is 10.4. The van der Waals surface area contributed by atoms with Crippen LogP contribution in [0.4, 0.5) is 0 Å². The Morgan fingerprint density at radius 3 is 2.41 bits per heavy atom. The minimum atomic E-state index is 0.299. The molecule has 0 fully saturated rings. The third-order valence-corrected chi connectivity index (χ3v) is 1.91. The highest BCUT2D eigenvalue weighted by Crippen LogP contribution is 1.99. The third kappa shape index (κ3) is 14.3. The van der Waals surface area contributed by atoms with Crippen molar-refractivity contribution in [2.24, 2.45) is 0 Å². The molecule has 0 heterocycles. The molecule has 0 amide bonds. The van der Waals surface area contributed by atoms with E-state index < -0.39 is 0 Å². The number of hydrogen-bond acceptors (Lipinski definition) is 1. The number of aliphatic hydroxyl groups is 1. The molecule has 0 aliphatic carbocycles. The van der Waals surface area contributed by atoms with Crippen LogP contribution in [0.5, 0.6) is 0 Å². The minimum Gasteiger partial charge on any atom is -0.396 e. The highest BCUT2D eigenvalue weighted by Gasteiger charge is 1.83. The van der Waals surface area contributed by atoms with E-state index in [1.807, 2.05) is 25.2 Å². The Labute approximate surface area is 105 Å². The summed E-state index contributed by atoms with van der Waals surface area (Å²) in [6.07, 6.45) is 15.6. The maximum absolute atomic E-state index is 8.58. The Morgan fingerprint density at radius 2 is 1.71 bits per heavy atom. The fourth-order valence-electron chi connectivity index (χ4n) is 1.07. The van der Waals surface area contributed by atoms with E-state index in [0.29, 0.717) is 6.61 Å². The molecule has 0 aliphatic heterocycles. The summed E-state index contributed by atoms with van der Waals surface area (Å²) in [5.41, 5.74) is 0. The number of unbranched alkanes of at least 4 members (excludes halogenated alkanes) is 3. The van der Waals surface area contributed by atoms with E-state index in [1.165, 1.54) is 0 Å². The fraction of sp³-hybridized carbons (Fsp3) is 0.375. The van der Waals surface area contributed by atoms with Crippen LogP contribution in [0.2, 0.25) is 0 Å². The van der Waals surface area contributed by atoms with Crippen LogP contribution in [0.3, 0.4) is 0 Å². The molecular formula is C16H20O. The highest BCUT2D eigenvalue weighted by molar-refractivity contribution is 5.34. The summed E-state index contributed by atoms with van der Waals surface area (Å²) in [6.45, 7) is 2.22. The number of aliphatic hydroxyl groups excluding tert-OH is 1. The van der Waals surface area contributed by atoms with Gasteiger partial charge in [0.25, 0.3) is 0 Å². The molecule has 0 aromatic heterocycles. The lowest BCUT2D eigenvalue weighted by Crippen LogP contribution is -1.81. The predicted molar refractivity (Wildman–Crippen MR) is 74.2 cm³/mol. The summed E-state index contributed by atoms with van der Waals surface area (Å²) in [5, 5.41) is 8.58. The van der Waals surface area contributed by atoms with Crippen molar-refractivity contribution in [1.29, 1.82) is 0 Å². The lowest BCUT2D eigenvalue weighted by molar-refractivity contribution is 0.283. The maximum atomic E-state index is 8.58. The Bertz CT molecular complexity index is 364. The van der Waals surface area contributed by atoms with Crippen molar-refractivity contribution in [2.45, 2.75) is 32.6 Å². The number of rotatable bonds is 6. The second-order valence-electron chi connectivity index (χ2n) is 3.40. The van der Waals surface area contributed by atoms with E-state index in [1.54, 1.807) is 12.2 Å². The zero-order chi connectivity index (χ0) is 12.6. The first-order valence-corrected chi connectivity index (χ1v) is 5.96. The zero-order valence-electron chi connectivity index (χ0n) is 10.4. The Hall–Kier alpha value is -1.70. The lowest BCUT2D eigenvalue weighted by atomic mass is 10.2. The molecule has 0 unspecified atom stereocenters. The van der Waals surface area contributed by atoms with Gasteiger partial charge >= 0.3 is 0 Å². The van der Waals surface area contributed by atoms with E-state index in [9.17, 15) is 0 Å². The first kappa shape index (κ1) is 15.3. The summed E-state index contributed by atoms with van der Waals surface area (Å²) in [4.78, 5) is 0. The van der Waals surface area contributed by atoms with E-state index >= 15 is 0 Å². The SMILES string of the molecule is C/C=C/C#CC#C/C=C/C=C/CCCCCO. The quantitative estimate of drug-likeness (QED) is 0.420. The van der Waals surface area contributed by atoms with Gasteiger partial charge in [0.2, 0.25) is 0 Å². The molecule has 0 rings (SSSR count). The molecule has 90 valence electrons. The van der Waals surface area contributed by atoms with E-state index in [0.717, 1.165) is 25.7 Å². The smallest absolute Gasteiger partial charge is 0.0431 e. The van der Waals surface area contributed by atoms with Crippen LogP contribution in [-0.4, -0.2) is 11.7 Å². The van der Waals surface area contributed by atoms with Crippen LogP contribution in [0, 0.1) is 23.7 Å². The summed E-state index contributed by atoms with van der Waals surface area (Å²) in [7, 11) is 0. The van der Waals surface area contributed by atoms with Gasteiger partial charge in [0.15, 0.2) is 0 Å². The Kier molecular flexibility index (Phi) is 12.9. The van der Waals surface area contributed by atoms with Crippen molar-refractivity contribution in [3.63, 3.8) is 0 Å². The van der Waals surface area contributed by atoms with Crippen molar-refractivity contribution in [1.82, 2.24) is 0 Å². The van der Waals surface area contributed by atoms with Crippen molar-refractivity contribution in [3.05, 3.63) is 36.5 Å². The van der Waals surface area contributed by atoms with Gasteiger partial charge in [-0.3, -0.25) is 0 Å². The third-order valence-electron chi connectivity index (χ3n) is 1.91. The lowest BCUT2D eigenvalue weighted by Gasteiger charge is -1.92. The van der Waals surface area contributed by atoms with Gasteiger partial charge in [-0.2, -0.15) is 0 Å². The van der Waals surface area contributed by atoms with Crippen LogP contribution in [0.25, 0.3) is 0 Å². The van der Waals surface area contributed by atoms with Gasteiger partial charge in [0.05, 0.1) is 0 Å².